The van der Waals surface area contributed by atoms with Crippen LogP contribution in [0.5, 0.6) is 0 Å². The summed E-state index contributed by atoms with van der Waals surface area (Å²) in [5.41, 5.74) is 1.18. The molecule has 0 aliphatic rings. The van der Waals surface area contributed by atoms with E-state index in [1.807, 2.05) is 13.8 Å². The molecule has 0 saturated carbocycles. The van der Waals surface area contributed by atoms with Crippen molar-refractivity contribution >= 4 is 56.6 Å². The first-order valence-electron chi connectivity index (χ1n) is 7.68. The van der Waals surface area contributed by atoms with Gasteiger partial charge in [0.25, 0.3) is 0 Å². The summed E-state index contributed by atoms with van der Waals surface area (Å²) in [6.07, 6.45) is 1.50. The van der Waals surface area contributed by atoms with Gasteiger partial charge < -0.3 is 5.32 Å². The molecule has 25 heavy (non-hydrogen) atoms. The number of hydrogen-bond donors (Lipinski definition) is 1. The van der Waals surface area contributed by atoms with Crippen LogP contribution in [0.2, 0.25) is 5.02 Å². The zero-order valence-corrected chi connectivity index (χ0v) is 16.6. The maximum atomic E-state index is 12.5. The average Bonchev–Trinajstić information content (AvgIpc) is 2.83. The van der Waals surface area contributed by atoms with E-state index in [2.05, 4.69) is 34.1 Å². The molecule has 130 valence electrons. The second kappa shape index (κ2) is 7.27. The maximum absolute atomic E-state index is 12.5. The Morgan fingerprint density at radius 1 is 1.28 bits per heavy atom. The predicted molar refractivity (Wildman–Crippen MR) is 105 cm³/mol. The first-order chi connectivity index (χ1) is 11.8. The van der Waals surface area contributed by atoms with E-state index in [1.165, 1.54) is 28.4 Å². The zero-order valence-electron chi connectivity index (χ0n) is 14.3. The Balaban J connectivity index is 1.82. The molecular weight excluding hydrogens is 376 g/mol. The third kappa shape index (κ3) is 3.94. The van der Waals surface area contributed by atoms with Crippen LogP contribution in [-0.4, -0.2) is 26.1 Å². The smallest absolute Gasteiger partial charge is 0.238 e. The van der Waals surface area contributed by atoms with Gasteiger partial charge in [-0.2, -0.15) is 0 Å². The number of nitrogens with zero attached hydrogens (tertiary/aromatic N) is 3. The van der Waals surface area contributed by atoms with Gasteiger partial charge in [-0.1, -0.05) is 23.4 Å². The third-order valence-electron chi connectivity index (χ3n) is 3.74. The summed E-state index contributed by atoms with van der Waals surface area (Å²) >= 11 is 8.91. The molecule has 0 fully saturated rings. The number of carbonyl (C=O) groups excluding carboxylic acids is 1. The molecular formula is C17H17ClN4OS2. The average molecular weight is 393 g/mol. The Morgan fingerprint density at radius 3 is 2.72 bits per heavy atom. The lowest BCUT2D eigenvalue weighted by Gasteiger charge is -2.12. The van der Waals surface area contributed by atoms with Gasteiger partial charge >= 0.3 is 0 Å². The Labute approximate surface area is 159 Å². The van der Waals surface area contributed by atoms with E-state index in [-0.39, 0.29) is 11.2 Å². The van der Waals surface area contributed by atoms with Gasteiger partial charge in [0, 0.05) is 16.5 Å². The zero-order chi connectivity index (χ0) is 18.1. The highest BCUT2D eigenvalue weighted by molar-refractivity contribution is 8.00. The summed E-state index contributed by atoms with van der Waals surface area (Å²) < 4.78 is 0. The molecule has 1 unspecified atom stereocenters. The molecule has 3 aromatic rings. The number of halogens is 1. The highest BCUT2D eigenvalue weighted by Crippen LogP contribution is 2.36. The van der Waals surface area contributed by atoms with Crippen molar-refractivity contribution in [2.75, 3.05) is 5.32 Å². The van der Waals surface area contributed by atoms with Crippen LogP contribution in [0.25, 0.3) is 10.2 Å². The number of fused-ring (bicyclic) bond motifs is 1. The van der Waals surface area contributed by atoms with Crippen LogP contribution in [0.4, 0.5) is 5.82 Å². The fourth-order valence-electron chi connectivity index (χ4n) is 2.30. The van der Waals surface area contributed by atoms with Crippen LogP contribution >= 0.6 is 34.7 Å². The molecule has 8 heteroatoms. The van der Waals surface area contributed by atoms with Crippen molar-refractivity contribution < 1.29 is 4.79 Å². The minimum atomic E-state index is -0.324. The van der Waals surface area contributed by atoms with Gasteiger partial charge in [0.05, 0.1) is 10.3 Å². The van der Waals surface area contributed by atoms with Crippen molar-refractivity contribution in [2.45, 2.75) is 38.0 Å². The summed E-state index contributed by atoms with van der Waals surface area (Å²) in [5, 5.41) is 4.89. The first kappa shape index (κ1) is 18.1. The molecule has 1 atom stereocenters. The number of carbonyl (C=O) groups is 1. The van der Waals surface area contributed by atoms with E-state index >= 15 is 0 Å². The highest BCUT2D eigenvalue weighted by Gasteiger charge is 2.20. The lowest BCUT2D eigenvalue weighted by atomic mass is 10.2. The van der Waals surface area contributed by atoms with Crippen LogP contribution in [0.1, 0.15) is 23.2 Å². The van der Waals surface area contributed by atoms with Crippen LogP contribution in [-0.2, 0) is 4.79 Å². The number of thioether (sulfide) groups is 1. The van der Waals surface area contributed by atoms with Crippen LogP contribution in [0.3, 0.4) is 0 Å². The summed E-state index contributed by atoms with van der Waals surface area (Å²) in [4.78, 5) is 27.8. The number of thiophene rings is 1. The van der Waals surface area contributed by atoms with Crippen molar-refractivity contribution in [1.29, 1.82) is 0 Å². The Morgan fingerprint density at radius 2 is 2.04 bits per heavy atom. The lowest BCUT2D eigenvalue weighted by molar-refractivity contribution is -0.115. The number of rotatable bonds is 4. The number of pyridine rings is 1. The number of hydrogen-bond acceptors (Lipinski definition) is 6. The Hall–Kier alpha value is -1.70. The van der Waals surface area contributed by atoms with E-state index in [4.69, 9.17) is 11.6 Å². The van der Waals surface area contributed by atoms with Crippen molar-refractivity contribution in [3.8, 4) is 0 Å². The minimum Gasteiger partial charge on any atom is -0.310 e. The molecule has 0 aromatic carbocycles. The Bertz CT molecular complexity index is 940. The topological polar surface area (TPSA) is 67.8 Å². The molecule has 0 spiro atoms. The van der Waals surface area contributed by atoms with E-state index < -0.39 is 0 Å². The maximum Gasteiger partial charge on any atom is 0.238 e. The van der Waals surface area contributed by atoms with Gasteiger partial charge in [-0.05, 0) is 45.4 Å². The monoisotopic (exact) mass is 392 g/mol. The standard InChI is InChI=1S/C17H17ClN4OS2/c1-8-9(2)24-16-14(8)17(21-11(4)20-16)25-10(3)15(23)22-13-6-5-12(18)7-19-13/h5-7,10H,1-4H3,(H,19,22,23). The molecule has 0 saturated heterocycles. The van der Waals surface area contributed by atoms with E-state index in [0.717, 1.165) is 15.2 Å². The molecule has 0 aliphatic heterocycles. The lowest BCUT2D eigenvalue weighted by Crippen LogP contribution is -2.23. The SMILES string of the molecule is Cc1nc(SC(C)C(=O)Nc2ccc(Cl)cn2)c2c(C)c(C)sc2n1. The number of amides is 1. The summed E-state index contributed by atoms with van der Waals surface area (Å²) in [6.45, 7) is 7.87. The number of nitrogens with one attached hydrogen (secondary N) is 1. The largest absolute Gasteiger partial charge is 0.310 e. The fourth-order valence-corrected chi connectivity index (χ4v) is 4.60. The molecule has 0 radical (unpaired) electrons. The van der Waals surface area contributed by atoms with Gasteiger partial charge in [0.15, 0.2) is 0 Å². The molecule has 3 heterocycles. The molecule has 0 aliphatic carbocycles. The van der Waals surface area contributed by atoms with Gasteiger partial charge in [0.1, 0.15) is 21.5 Å². The summed E-state index contributed by atoms with van der Waals surface area (Å²) in [5.74, 6) is 1.06. The minimum absolute atomic E-state index is 0.131. The summed E-state index contributed by atoms with van der Waals surface area (Å²) in [7, 11) is 0. The second-order valence-corrected chi connectivity index (χ2v) is 8.62. The van der Waals surface area contributed by atoms with Crippen molar-refractivity contribution in [2.24, 2.45) is 0 Å². The first-order valence-corrected chi connectivity index (χ1v) is 9.76. The Kier molecular flexibility index (Phi) is 5.27. The second-order valence-electron chi connectivity index (χ2n) is 5.65. The van der Waals surface area contributed by atoms with Crippen molar-refractivity contribution in [1.82, 2.24) is 15.0 Å². The predicted octanol–water partition coefficient (Wildman–Crippen LogP) is 4.78. The molecule has 1 N–H and O–H groups in total. The molecule has 0 bridgehead atoms. The molecule has 1 amide bonds. The van der Waals surface area contributed by atoms with E-state index in [0.29, 0.717) is 16.7 Å². The fraction of sp³-hybridized carbons (Fsp3) is 0.294. The van der Waals surface area contributed by atoms with Gasteiger partial charge in [-0.3, -0.25) is 4.79 Å². The van der Waals surface area contributed by atoms with E-state index in [1.54, 1.807) is 23.5 Å². The molecule has 3 aromatic heterocycles. The number of aryl methyl sites for hydroxylation is 3. The van der Waals surface area contributed by atoms with Crippen LogP contribution in [0.15, 0.2) is 23.4 Å². The van der Waals surface area contributed by atoms with Gasteiger partial charge in [-0.15, -0.1) is 11.3 Å². The number of anilines is 1. The van der Waals surface area contributed by atoms with Crippen LogP contribution < -0.4 is 5.32 Å². The van der Waals surface area contributed by atoms with Gasteiger partial charge in [0.2, 0.25) is 5.91 Å². The number of aromatic nitrogens is 3. The molecule has 3 rings (SSSR count). The quantitative estimate of drug-likeness (QED) is 0.511. The van der Waals surface area contributed by atoms with Crippen molar-refractivity contribution in [3.05, 3.63) is 39.6 Å². The van der Waals surface area contributed by atoms with Gasteiger partial charge in [-0.25, -0.2) is 15.0 Å². The van der Waals surface area contributed by atoms with Crippen LogP contribution in [0, 0.1) is 20.8 Å². The van der Waals surface area contributed by atoms with Crippen molar-refractivity contribution in [3.63, 3.8) is 0 Å². The van der Waals surface area contributed by atoms with E-state index in [9.17, 15) is 4.79 Å². The normalized spacial score (nSPS) is 12.4. The highest BCUT2D eigenvalue weighted by atomic mass is 35.5. The third-order valence-corrected chi connectivity index (χ3v) is 6.15. The molecule has 5 nitrogen and oxygen atoms in total. The summed E-state index contributed by atoms with van der Waals surface area (Å²) in [6, 6.07) is 3.37.